The molecule has 0 saturated carbocycles. The van der Waals surface area contributed by atoms with Crippen LogP contribution in [0.2, 0.25) is 0 Å². The molecule has 5 aromatic heterocycles. The van der Waals surface area contributed by atoms with E-state index in [1.165, 1.54) is 0 Å². The third-order valence-electron chi connectivity index (χ3n) is 14.0. The Morgan fingerprint density at radius 1 is 0.368 bits per heavy atom. The predicted octanol–water partition coefficient (Wildman–Crippen LogP) is 13.9. The van der Waals surface area contributed by atoms with E-state index in [1.54, 1.807) is 54.9 Å². The molecule has 358 valence electrons. The summed E-state index contributed by atoms with van der Waals surface area (Å²) in [5.41, 5.74) is 14.9. The van der Waals surface area contributed by atoms with Crippen molar-refractivity contribution in [3.05, 3.63) is 254 Å². The number of pyridine rings is 3. The summed E-state index contributed by atoms with van der Waals surface area (Å²) in [6.45, 7) is 0. The molecule has 0 amide bonds. The van der Waals surface area contributed by atoms with Crippen LogP contribution in [0.25, 0.3) is 99.5 Å². The molecule has 0 saturated heterocycles. The first-order valence-electron chi connectivity index (χ1n) is 24.7. The van der Waals surface area contributed by atoms with E-state index in [9.17, 15) is 25.4 Å². The van der Waals surface area contributed by atoms with Crippen molar-refractivity contribution in [2.24, 2.45) is 0 Å². The van der Waals surface area contributed by atoms with Gasteiger partial charge in [0.1, 0.15) is 12.1 Å². The van der Waals surface area contributed by atoms with E-state index in [0.29, 0.717) is 63.8 Å². The van der Waals surface area contributed by atoms with Crippen molar-refractivity contribution in [3.63, 3.8) is 0 Å². The Morgan fingerprint density at radius 3 is 1.49 bits per heavy atom. The number of hydrogen-bond donors (Lipinski definition) is 0. The van der Waals surface area contributed by atoms with E-state index in [-0.39, 0.29) is 22.3 Å². The van der Waals surface area contributed by atoms with Crippen LogP contribution < -0.4 is 11.3 Å². The highest BCUT2D eigenvalue weighted by molar-refractivity contribution is 6.04. The second-order valence-corrected chi connectivity index (χ2v) is 18.7. The number of nitriles is 3. The van der Waals surface area contributed by atoms with E-state index in [1.807, 2.05) is 66.9 Å². The predicted molar refractivity (Wildman–Crippen MR) is 296 cm³/mol. The van der Waals surface area contributed by atoms with Gasteiger partial charge in [-0.2, -0.15) is 15.8 Å². The molecule has 0 radical (unpaired) electrons. The van der Waals surface area contributed by atoms with Gasteiger partial charge in [-0.1, -0.05) is 121 Å². The number of hydrogen-bond acceptors (Lipinski definition) is 10. The zero-order valence-electron chi connectivity index (χ0n) is 40.6. The van der Waals surface area contributed by atoms with Gasteiger partial charge in [0.2, 0.25) is 0 Å². The maximum atomic E-state index is 13.4. The zero-order chi connectivity index (χ0) is 51.7. The first-order valence-corrected chi connectivity index (χ1v) is 24.7. The number of para-hydroxylation sites is 2. The topological polar surface area (TPSA) is 170 Å². The normalized spacial score (nSPS) is 11.2. The van der Waals surface area contributed by atoms with Crippen LogP contribution in [0, 0.1) is 34.0 Å². The average Bonchev–Trinajstić information content (AvgIpc) is 3.48. The second-order valence-electron chi connectivity index (χ2n) is 18.7. The molecule has 0 N–H and O–H groups in total. The monoisotopic (exact) mass is 980 g/mol. The fraction of sp³-hybridized carbons (Fsp3) is 0.0606. The molecule has 10 nitrogen and oxygen atoms in total. The average molecular weight is 981 g/mol. The molecule has 0 fully saturated rings. The summed E-state index contributed by atoms with van der Waals surface area (Å²) in [5.74, 6) is 0. The molecule has 0 bridgehead atoms. The molecule has 12 rings (SSSR count). The molecule has 5 heterocycles. The Hall–Kier alpha value is -10.6. The van der Waals surface area contributed by atoms with Gasteiger partial charge in [-0.3, -0.25) is 15.0 Å². The highest BCUT2D eigenvalue weighted by atomic mass is 16.4. The molecule has 0 unspecified atom stereocenters. The lowest BCUT2D eigenvalue weighted by Gasteiger charge is -2.18. The van der Waals surface area contributed by atoms with Crippen LogP contribution in [0.15, 0.2) is 213 Å². The molecular weight excluding hydrogens is 941 g/mol. The van der Waals surface area contributed by atoms with Crippen molar-refractivity contribution >= 4 is 43.7 Å². The van der Waals surface area contributed by atoms with Crippen molar-refractivity contribution < 1.29 is 8.83 Å². The summed E-state index contributed by atoms with van der Waals surface area (Å²) in [6, 6.07) is 63.9. The maximum Gasteiger partial charge on any atom is 0.345 e. The van der Waals surface area contributed by atoms with Crippen LogP contribution in [0.3, 0.4) is 0 Å². The smallest absolute Gasteiger partial charge is 0.345 e. The number of nitrogens with zero attached hydrogens (tertiary/aromatic N) is 6. The van der Waals surface area contributed by atoms with Gasteiger partial charge in [0, 0.05) is 40.5 Å². The fourth-order valence-corrected chi connectivity index (χ4v) is 10.2. The van der Waals surface area contributed by atoms with Crippen molar-refractivity contribution in [1.29, 1.82) is 15.8 Å². The Kier molecular flexibility index (Phi) is 12.1. The number of aryl methyl sites for hydroxylation is 4. The van der Waals surface area contributed by atoms with Gasteiger partial charge >= 0.3 is 11.3 Å². The van der Waals surface area contributed by atoms with Crippen LogP contribution in [0.5, 0.6) is 0 Å². The van der Waals surface area contributed by atoms with Crippen LogP contribution in [0.4, 0.5) is 0 Å². The van der Waals surface area contributed by atoms with E-state index in [2.05, 4.69) is 91.0 Å². The number of benzene rings is 7. The summed E-state index contributed by atoms with van der Waals surface area (Å²) in [4.78, 5) is 41.3. The lowest BCUT2D eigenvalue weighted by atomic mass is 9.87. The largest absolute Gasteiger partial charge is 0.421 e. The number of fused-ring (bicyclic) bond motifs is 6. The summed E-state index contributed by atoms with van der Waals surface area (Å²) >= 11 is 0. The van der Waals surface area contributed by atoms with Gasteiger partial charge in [-0.25, -0.2) is 9.59 Å². The van der Waals surface area contributed by atoms with E-state index in [0.717, 1.165) is 78.0 Å². The second kappa shape index (κ2) is 19.8. The minimum absolute atomic E-state index is 0.225. The van der Waals surface area contributed by atoms with Gasteiger partial charge in [-0.05, 0) is 141 Å². The molecule has 10 heteroatoms. The summed E-state index contributed by atoms with van der Waals surface area (Å²) in [5, 5.41) is 31.1. The minimum atomic E-state index is -0.550. The summed E-state index contributed by atoms with van der Waals surface area (Å²) in [6.07, 6.45) is 7.86. The minimum Gasteiger partial charge on any atom is -0.421 e. The Balaban J connectivity index is 0.949. The van der Waals surface area contributed by atoms with Crippen LogP contribution >= 0.6 is 0 Å². The molecule has 0 aliphatic rings. The summed E-state index contributed by atoms with van der Waals surface area (Å²) < 4.78 is 11.4. The standard InChI is InChI=1S/C66H40N6O4/c67-34-42-9-6-12-48(30-42)60-33-56(47-25-23-46(24-26-47)45-10-2-1-3-11-45)59(39-70-60)53-16-5-4-15-52(53)51-28-40(19-21-43-31-57-61(71-37-43)54-17-7-13-49(35-68)63(54)75-65(57)73)27-41(29-51)20-22-44-32-58-62(72-38-44)55-18-8-14-50(36-69)64(55)76-66(58)74/h1-18,23-33,37-39H,19-22H2. The van der Waals surface area contributed by atoms with Crippen molar-refractivity contribution in [3.8, 4) is 74.0 Å². The Morgan fingerprint density at radius 2 is 0.895 bits per heavy atom. The molecular formula is C66H40N6O4. The van der Waals surface area contributed by atoms with E-state index < -0.39 is 11.3 Å². The van der Waals surface area contributed by atoms with E-state index >= 15 is 0 Å². The van der Waals surface area contributed by atoms with Gasteiger partial charge in [0.25, 0.3) is 0 Å². The van der Waals surface area contributed by atoms with Crippen molar-refractivity contribution in [1.82, 2.24) is 15.0 Å². The lowest BCUT2D eigenvalue weighted by molar-refractivity contribution is 0.568. The van der Waals surface area contributed by atoms with Crippen molar-refractivity contribution in [2.75, 3.05) is 0 Å². The molecule has 0 atom stereocenters. The van der Waals surface area contributed by atoms with E-state index in [4.69, 9.17) is 23.8 Å². The van der Waals surface area contributed by atoms with Crippen molar-refractivity contribution in [2.45, 2.75) is 25.7 Å². The fourth-order valence-electron chi connectivity index (χ4n) is 10.2. The molecule has 0 spiro atoms. The molecule has 7 aromatic carbocycles. The van der Waals surface area contributed by atoms with Gasteiger partial charge in [0.15, 0.2) is 11.2 Å². The summed E-state index contributed by atoms with van der Waals surface area (Å²) in [7, 11) is 0. The molecule has 76 heavy (non-hydrogen) atoms. The SMILES string of the molecule is N#Cc1cccc(-c2cc(-c3ccc(-c4ccccc4)cc3)c(-c3ccccc3-c3cc(CCc4cnc5c(c4)c(=O)oc4c(C#N)cccc45)cc(CCc4cnc5c(c4)c(=O)oc4c(C#N)cccc45)c3)cn2)c1. The molecule has 0 aliphatic carbocycles. The first kappa shape index (κ1) is 46.5. The number of rotatable bonds is 11. The third-order valence-corrected chi connectivity index (χ3v) is 14.0. The third kappa shape index (κ3) is 8.81. The van der Waals surface area contributed by atoms with Gasteiger partial charge in [-0.15, -0.1) is 0 Å². The van der Waals surface area contributed by atoms with Crippen LogP contribution in [-0.4, -0.2) is 15.0 Å². The lowest BCUT2D eigenvalue weighted by Crippen LogP contribution is -2.04. The quantitative estimate of drug-likeness (QED) is 0.0897. The van der Waals surface area contributed by atoms with Crippen LogP contribution in [0.1, 0.15) is 38.9 Å². The molecule has 0 aliphatic heterocycles. The first-order chi connectivity index (χ1) is 37.3. The Labute approximate surface area is 435 Å². The Bertz CT molecular complexity index is 4390. The number of aromatic nitrogens is 3. The zero-order valence-corrected chi connectivity index (χ0v) is 40.6. The molecule has 12 aromatic rings. The van der Waals surface area contributed by atoms with Gasteiger partial charge < -0.3 is 8.83 Å². The van der Waals surface area contributed by atoms with Gasteiger partial charge in [0.05, 0.1) is 50.3 Å². The highest BCUT2D eigenvalue weighted by Gasteiger charge is 2.19. The maximum absolute atomic E-state index is 13.4. The van der Waals surface area contributed by atoms with Crippen LogP contribution in [-0.2, 0) is 25.7 Å². The highest BCUT2D eigenvalue weighted by Crippen LogP contribution is 2.41.